The molecule has 5 rings (SSSR count). The molecule has 3 aromatic carbocycles. The van der Waals surface area contributed by atoms with Crippen molar-refractivity contribution in [3.8, 4) is 0 Å². The summed E-state index contributed by atoms with van der Waals surface area (Å²) in [4.78, 5) is 17.9. The van der Waals surface area contributed by atoms with Crippen LogP contribution in [0.4, 0.5) is 8.78 Å². The van der Waals surface area contributed by atoms with Gasteiger partial charge in [-0.3, -0.25) is 4.57 Å². The number of H-pyrrole nitrogens is 1. The summed E-state index contributed by atoms with van der Waals surface area (Å²) in [6, 6.07) is 19.0. The van der Waals surface area contributed by atoms with Crippen molar-refractivity contribution in [3.63, 3.8) is 0 Å². The van der Waals surface area contributed by atoms with E-state index in [9.17, 15) is 13.6 Å². The third-order valence-corrected chi connectivity index (χ3v) is 7.45. The van der Waals surface area contributed by atoms with E-state index in [4.69, 9.17) is 11.6 Å². The predicted molar refractivity (Wildman–Crippen MR) is 136 cm³/mol. The standard InChI is InChI=1S/C28H28ClF2N3O/c29-25-18-21(31)11-12-24(25)23(19-7-9-20(30)10-8-19)4-3-15-33-16-13-22(14-17-33)34-27-6-2-1-5-26(27)32-28(34)35/h1-2,5-12,18,22-23H,3-4,13-17H2,(H,32,35). The molecular formula is C28H28ClF2N3O. The third kappa shape index (κ3) is 5.19. The first kappa shape index (κ1) is 23.8. The lowest BCUT2D eigenvalue weighted by Crippen LogP contribution is -2.37. The molecule has 1 unspecified atom stereocenters. The van der Waals surface area contributed by atoms with Gasteiger partial charge in [0.1, 0.15) is 11.6 Å². The van der Waals surface area contributed by atoms with Gasteiger partial charge in [-0.05, 0) is 79.8 Å². The van der Waals surface area contributed by atoms with Crippen LogP contribution in [0.1, 0.15) is 48.8 Å². The van der Waals surface area contributed by atoms with Crippen molar-refractivity contribution in [2.24, 2.45) is 0 Å². The maximum Gasteiger partial charge on any atom is 0.326 e. The first-order valence-electron chi connectivity index (χ1n) is 12.1. The lowest BCUT2D eigenvalue weighted by atomic mass is 9.87. The van der Waals surface area contributed by atoms with Crippen molar-refractivity contribution in [2.75, 3.05) is 19.6 Å². The SMILES string of the molecule is O=c1[nH]c2ccccc2n1C1CCN(CCCC(c2ccc(F)cc2)c2ccc(F)cc2Cl)CC1. The number of nitrogens with one attached hydrogen (secondary N) is 1. The Kier molecular flexibility index (Phi) is 7.02. The van der Waals surface area contributed by atoms with Crippen molar-refractivity contribution < 1.29 is 8.78 Å². The van der Waals surface area contributed by atoms with Crippen LogP contribution < -0.4 is 5.69 Å². The topological polar surface area (TPSA) is 41.0 Å². The highest BCUT2D eigenvalue weighted by Crippen LogP contribution is 2.35. The van der Waals surface area contributed by atoms with Crippen molar-refractivity contribution in [3.05, 3.63) is 105 Å². The predicted octanol–water partition coefficient (Wildman–Crippen LogP) is 6.51. The molecule has 1 atom stereocenters. The average Bonchev–Trinajstić information content (AvgIpc) is 3.19. The van der Waals surface area contributed by atoms with E-state index in [2.05, 4.69) is 9.88 Å². The van der Waals surface area contributed by atoms with Gasteiger partial charge in [0.2, 0.25) is 0 Å². The van der Waals surface area contributed by atoms with Crippen LogP contribution in [-0.2, 0) is 0 Å². The molecular weight excluding hydrogens is 468 g/mol. The molecule has 4 aromatic rings. The largest absolute Gasteiger partial charge is 0.326 e. The number of piperidine rings is 1. The molecule has 4 nitrogen and oxygen atoms in total. The zero-order chi connectivity index (χ0) is 24.4. The second-order valence-electron chi connectivity index (χ2n) is 9.30. The maximum atomic E-state index is 13.6. The van der Waals surface area contributed by atoms with Gasteiger partial charge in [0.25, 0.3) is 0 Å². The molecule has 1 aliphatic heterocycles. The Labute approximate surface area is 208 Å². The Bertz CT molecular complexity index is 1360. The highest BCUT2D eigenvalue weighted by atomic mass is 35.5. The minimum atomic E-state index is -0.367. The molecule has 35 heavy (non-hydrogen) atoms. The number of benzene rings is 3. The van der Waals surface area contributed by atoms with E-state index < -0.39 is 0 Å². The van der Waals surface area contributed by atoms with Gasteiger partial charge in [-0.15, -0.1) is 0 Å². The number of aromatic nitrogens is 2. The second kappa shape index (κ2) is 10.3. The summed E-state index contributed by atoms with van der Waals surface area (Å²) >= 11 is 6.40. The summed E-state index contributed by atoms with van der Waals surface area (Å²) in [5.74, 6) is -0.685. The highest BCUT2D eigenvalue weighted by Gasteiger charge is 2.24. The fourth-order valence-electron chi connectivity index (χ4n) is 5.34. The summed E-state index contributed by atoms with van der Waals surface area (Å²) < 4.78 is 29.1. The van der Waals surface area contributed by atoms with E-state index in [1.807, 2.05) is 28.8 Å². The molecule has 0 aliphatic carbocycles. The van der Waals surface area contributed by atoms with Crippen LogP contribution in [-0.4, -0.2) is 34.1 Å². The van der Waals surface area contributed by atoms with E-state index in [0.717, 1.165) is 67.5 Å². The fraction of sp³-hybridized carbons (Fsp3) is 0.321. The summed E-state index contributed by atoms with van der Waals surface area (Å²) in [6.45, 7) is 2.77. The van der Waals surface area contributed by atoms with Crippen LogP contribution in [0, 0.1) is 11.6 Å². The summed E-state index contributed by atoms with van der Waals surface area (Å²) in [6.07, 6.45) is 3.59. The number of nitrogens with zero attached hydrogens (tertiary/aromatic N) is 2. The smallest absolute Gasteiger partial charge is 0.306 e. The number of para-hydroxylation sites is 2. The van der Waals surface area contributed by atoms with Gasteiger partial charge < -0.3 is 9.88 Å². The summed E-state index contributed by atoms with van der Waals surface area (Å²) in [5, 5.41) is 0.393. The van der Waals surface area contributed by atoms with Crippen molar-refractivity contribution in [1.29, 1.82) is 0 Å². The molecule has 0 spiro atoms. The molecule has 1 N–H and O–H groups in total. The van der Waals surface area contributed by atoms with Crippen molar-refractivity contribution >= 4 is 22.6 Å². The Hall–Kier alpha value is -2.96. The molecule has 1 fully saturated rings. The molecule has 1 aliphatic rings. The second-order valence-corrected chi connectivity index (χ2v) is 9.71. The number of fused-ring (bicyclic) bond motifs is 1. The molecule has 7 heteroatoms. The number of imidazole rings is 1. The molecule has 0 saturated carbocycles. The van der Waals surface area contributed by atoms with Crippen LogP contribution >= 0.6 is 11.6 Å². The summed E-state index contributed by atoms with van der Waals surface area (Å²) in [5.41, 5.74) is 3.64. The molecule has 182 valence electrons. The highest BCUT2D eigenvalue weighted by molar-refractivity contribution is 6.31. The number of rotatable bonds is 7. The molecule has 2 heterocycles. The molecule has 1 aromatic heterocycles. The molecule has 0 bridgehead atoms. The number of hydrogen-bond donors (Lipinski definition) is 1. The number of hydrogen-bond acceptors (Lipinski definition) is 2. The monoisotopic (exact) mass is 495 g/mol. The quantitative estimate of drug-likeness (QED) is 0.317. The van der Waals surface area contributed by atoms with Gasteiger partial charge in [0.15, 0.2) is 0 Å². The number of likely N-dealkylation sites (tertiary alicyclic amines) is 1. The molecule has 1 saturated heterocycles. The van der Waals surface area contributed by atoms with Crippen LogP contribution in [0.2, 0.25) is 5.02 Å². The first-order chi connectivity index (χ1) is 17.0. The third-order valence-electron chi connectivity index (χ3n) is 7.12. The van der Waals surface area contributed by atoms with Crippen molar-refractivity contribution in [2.45, 2.75) is 37.6 Å². The van der Waals surface area contributed by atoms with Crippen LogP contribution in [0.5, 0.6) is 0 Å². The van der Waals surface area contributed by atoms with Gasteiger partial charge in [-0.2, -0.15) is 0 Å². The number of aromatic amines is 1. The Balaban J connectivity index is 1.23. The normalized spacial score (nSPS) is 16.1. The van der Waals surface area contributed by atoms with E-state index in [1.165, 1.54) is 24.3 Å². The lowest BCUT2D eigenvalue weighted by molar-refractivity contribution is 0.183. The maximum absolute atomic E-state index is 13.6. The van der Waals surface area contributed by atoms with Crippen LogP contribution in [0.3, 0.4) is 0 Å². The summed E-state index contributed by atoms with van der Waals surface area (Å²) in [7, 11) is 0. The average molecular weight is 496 g/mol. The van der Waals surface area contributed by atoms with Gasteiger partial charge in [-0.1, -0.05) is 41.9 Å². The lowest BCUT2D eigenvalue weighted by Gasteiger charge is -2.33. The molecule has 0 radical (unpaired) electrons. The minimum Gasteiger partial charge on any atom is -0.306 e. The zero-order valence-corrected chi connectivity index (χ0v) is 20.1. The van der Waals surface area contributed by atoms with Crippen LogP contribution in [0.15, 0.2) is 71.5 Å². The Morgan fingerprint density at radius 2 is 1.69 bits per heavy atom. The van der Waals surface area contributed by atoms with Gasteiger partial charge >= 0.3 is 5.69 Å². The Morgan fingerprint density at radius 1 is 0.971 bits per heavy atom. The van der Waals surface area contributed by atoms with Gasteiger partial charge in [0, 0.05) is 30.1 Å². The zero-order valence-electron chi connectivity index (χ0n) is 19.4. The fourth-order valence-corrected chi connectivity index (χ4v) is 5.64. The van der Waals surface area contributed by atoms with Crippen molar-refractivity contribution in [1.82, 2.24) is 14.5 Å². The first-order valence-corrected chi connectivity index (χ1v) is 12.5. The Morgan fingerprint density at radius 3 is 2.43 bits per heavy atom. The number of halogens is 3. The molecule has 0 amide bonds. The van der Waals surface area contributed by atoms with E-state index in [1.54, 1.807) is 18.2 Å². The van der Waals surface area contributed by atoms with Gasteiger partial charge in [0.05, 0.1) is 11.0 Å². The minimum absolute atomic E-state index is 0.0361. The van der Waals surface area contributed by atoms with E-state index in [-0.39, 0.29) is 29.3 Å². The van der Waals surface area contributed by atoms with Crippen LogP contribution in [0.25, 0.3) is 11.0 Å². The van der Waals surface area contributed by atoms with E-state index >= 15 is 0 Å². The van der Waals surface area contributed by atoms with Gasteiger partial charge in [-0.25, -0.2) is 13.6 Å². The van der Waals surface area contributed by atoms with E-state index in [0.29, 0.717) is 5.02 Å².